The van der Waals surface area contributed by atoms with Gasteiger partial charge in [-0.2, -0.15) is 0 Å². The summed E-state index contributed by atoms with van der Waals surface area (Å²) in [5, 5.41) is 3.46. The van der Waals surface area contributed by atoms with E-state index in [0.717, 1.165) is 45.8 Å². The van der Waals surface area contributed by atoms with Crippen LogP contribution in [0.5, 0.6) is 0 Å². The minimum atomic E-state index is 0.435. The summed E-state index contributed by atoms with van der Waals surface area (Å²) in [7, 11) is 1.74. The molecule has 1 saturated heterocycles. The molecule has 0 aromatic heterocycles. The van der Waals surface area contributed by atoms with Gasteiger partial charge < -0.3 is 14.8 Å². The average molecular weight is 230 g/mol. The van der Waals surface area contributed by atoms with Crippen LogP contribution in [0, 0.1) is 0 Å². The summed E-state index contributed by atoms with van der Waals surface area (Å²) in [5.74, 6) is 0. The molecule has 0 radical (unpaired) electrons. The zero-order chi connectivity index (χ0) is 11.8. The predicted molar refractivity (Wildman–Crippen MR) is 65.8 cm³/mol. The molecule has 1 heterocycles. The van der Waals surface area contributed by atoms with E-state index in [1.807, 2.05) is 0 Å². The number of methoxy groups -OCH3 is 1. The molecule has 0 aromatic carbocycles. The Morgan fingerprint density at radius 2 is 2.38 bits per heavy atom. The maximum absolute atomic E-state index is 5.64. The summed E-state index contributed by atoms with van der Waals surface area (Å²) in [6.45, 7) is 10.3. The molecule has 1 rings (SSSR count). The lowest BCUT2D eigenvalue weighted by atomic mass is 10.2. The standard InChI is InChI=1S/C12H26N2O2/c1-4-12-9-14(7-8-16-12)6-5-13-11(2)10-15-3/h11-13H,4-10H2,1-3H3. The van der Waals surface area contributed by atoms with Gasteiger partial charge >= 0.3 is 0 Å². The maximum Gasteiger partial charge on any atom is 0.0700 e. The van der Waals surface area contributed by atoms with E-state index in [-0.39, 0.29) is 0 Å². The van der Waals surface area contributed by atoms with Crippen molar-refractivity contribution >= 4 is 0 Å². The van der Waals surface area contributed by atoms with Crippen molar-refractivity contribution in [3.8, 4) is 0 Å². The Balaban J connectivity index is 2.08. The lowest BCUT2D eigenvalue weighted by Gasteiger charge is -2.32. The molecule has 2 atom stereocenters. The Kier molecular flexibility index (Phi) is 6.96. The molecule has 1 aliphatic heterocycles. The van der Waals surface area contributed by atoms with Crippen molar-refractivity contribution < 1.29 is 9.47 Å². The van der Waals surface area contributed by atoms with Gasteiger partial charge in [-0.3, -0.25) is 4.90 Å². The molecule has 0 saturated carbocycles. The van der Waals surface area contributed by atoms with Gasteiger partial charge in [0.1, 0.15) is 0 Å². The summed E-state index contributed by atoms with van der Waals surface area (Å²) < 4.78 is 10.7. The first-order valence-electron chi connectivity index (χ1n) is 6.32. The van der Waals surface area contributed by atoms with Crippen LogP contribution in [-0.2, 0) is 9.47 Å². The van der Waals surface area contributed by atoms with Crippen LogP contribution >= 0.6 is 0 Å². The van der Waals surface area contributed by atoms with Crippen molar-refractivity contribution in [3.05, 3.63) is 0 Å². The number of hydrogen-bond donors (Lipinski definition) is 1. The highest BCUT2D eigenvalue weighted by Gasteiger charge is 2.18. The molecule has 1 aliphatic rings. The Morgan fingerprint density at radius 1 is 1.56 bits per heavy atom. The first-order chi connectivity index (χ1) is 7.76. The third-order valence-electron chi connectivity index (χ3n) is 3.02. The highest BCUT2D eigenvalue weighted by molar-refractivity contribution is 4.71. The topological polar surface area (TPSA) is 33.7 Å². The van der Waals surface area contributed by atoms with E-state index in [4.69, 9.17) is 9.47 Å². The van der Waals surface area contributed by atoms with Crippen LogP contribution in [-0.4, -0.2) is 63.5 Å². The lowest BCUT2D eigenvalue weighted by molar-refractivity contribution is -0.0293. The summed E-state index contributed by atoms with van der Waals surface area (Å²) in [6.07, 6.45) is 1.55. The molecule has 1 N–H and O–H groups in total. The van der Waals surface area contributed by atoms with Crippen LogP contribution in [0.1, 0.15) is 20.3 Å². The van der Waals surface area contributed by atoms with Crippen LogP contribution in [0.4, 0.5) is 0 Å². The normalized spacial score (nSPS) is 24.6. The second-order valence-electron chi connectivity index (χ2n) is 4.51. The van der Waals surface area contributed by atoms with E-state index in [0.29, 0.717) is 12.1 Å². The van der Waals surface area contributed by atoms with E-state index >= 15 is 0 Å². The smallest absolute Gasteiger partial charge is 0.0700 e. The monoisotopic (exact) mass is 230 g/mol. The van der Waals surface area contributed by atoms with E-state index in [1.165, 1.54) is 0 Å². The molecule has 0 spiro atoms. The van der Waals surface area contributed by atoms with Gasteiger partial charge in [0.25, 0.3) is 0 Å². The first kappa shape index (κ1) is 13.9. The van der Waals surface area contributed by atoms with Crippen molar-refractivity contribution in [2.24, 2.45) is 0 Å². The third kappa shape index (κ3) is 5.25. The first-order valence-corrected chi connectivity index (χ1v) is 6.32. The molecule has 0 aromatic rings. The summed E-state index contributed by atoms with van der Waals surface area (Å²) in [6, 6.07) is 0.438. The fraction of sp³-hybridized carbons (Fsp3) is 1.00. The van der Waals surface area contributed by atoms with Gasteiger partial charge in [0.05, 0.1) is 19.3 Å². The molecule has 4 nitrogen and oxygen atoms in total. The highest BCUT2D eigenvalue weighted by atomic mass is 16.5. The summed E-state index contributed by atoms with van der Waals surface area (Å²) in [5.41, 5.74) is 0. The van der Waals surface area contributed by atoms with Gasteiger partial charge in [-0.1, -0.05) is 6.92 Å². The number of rotatable bonds is 7. The van der Waals surface area contributed by atoms with Gasteiger partial charge in [0.15, 0.2) is 0 Å². The summed E-state index contributed by atoms with van der Waals surface area (Å²) >= 11 is 0. The summed E-state index contributed by atoms with van der Waals surface area (Å²) in [4.78, 5) is 2.48. The molecule has 1 fully saturated rings. The van der Waals surface area contributed by atoms with Crippen LogP contribution in [0.15, 0.2) is 0 Å². The van der Waals surface area contributed by atoms with E-state index in [2.05, 4.69) is 24.1 Å². The van der Waals surface area contributed by atoms with E-state index in [1.54, 1.807) is 7.11 Å². The Morgan fingerprint density at radius 3 is 3.06 bits per heavy atom. The Hall–Kier alpha value is -0.160. The molecule has 0 bridgehead atoms. The molecule has 0 amide bonds. The third-order valence-corrected chi connectivity index (χ3v) is 3.02. The number of ether oxygens (including phenoxy) is 2. The fourth-order valence-corrected chi connectivity index (χ4v) is 2.01. The molecule has 96 valence electrons. The second kappa shape index (κ2) is 8.01. The molecular weight excluding hydrogens is 204 g/mol. The highest BCUT2D eigenvalue weighted by Crippen LogP contribution is 2.07. The van der Waals surface area contributed by atoms with Gasteiger partial charge in [-0.25, -0.2) is 0 Å². The molecule has 16 heavy (non-hydrogen) atoms. The van der Waals surface area contributed by atoms with E-state index < -0.39 is 0 Å². The second-order valence-corrected chi connectivity index (χ2v) is 4.51. The fourth-order valence-electron chi connectivity index (χ4n) is 2.01. The van der Waals surface area contributed by atoms with Crippen molar-refractivity contribution in [2.75, 3.05) is 46.5 Å². The predicted octanol–water partition coefficient (Wildman–Crippen LogP) is 0.722. The minimum Gasteiger partial charge on any atom is -0.383 e. The average Bonchev–Trinajstić information content (AvgIpc) is 2.30. The van der Waals surface area contributed by atoms with Crippen LogP contribution in [0.2, 0.25) is 0 Å². The maximum atomic E-state index is 5.64. The Labute approximate surface area is 99.3 Å². The number of nitrogens with one attached hydrogen (secondary N) is 1. The van der Waals surface area contributed by atoms with Gasteiger partial charge in [0.2, 0.25) is 0 Å². The largest absolute Gasteiger partial charge is 0.383 e. The minimum absolute atomic E-state index is 0.435. The molecule has 4 heteroatoms. The van der Waals surface area contributed by atoms with Crippen molar-refractivity contribution in [1.29, 1.82) is 0 Å². The molecule has 0 aliphatic carbocycles. The number of nitrogens with zero attached hydrogens (tertiary/aromatic N) is 1. The zero-order valence-corrected chi connectivity index (χ0v) is 10.9. The van der Waals surface area contributed by atoms with Crippen molar-refractivity contribution in [1.82, 2.24) is 10.2 Å². The van der Waals surface area contributed by atoms with Crippen LogP contribution in [0.3, 0.4) is 0 Å². The zero-order valence-electron chi connectivity index (χ0n) is 10.9. The number of hydrogen-bond acceptors (Lipinski definition) is 4. The van der Waals surface area contributed by atoms with Crippen molar-refractivity contribution in [3.63, 3.8) is 0 Å². The quantitative estimate of drug-likeness (QED) is 0.699. The van der Waals surface area contributed by atoms with E-state index in [9.17, 15) is 0 Å². The van der Waals surface area contributed by atoms with Crippen LogP contribution in [0.25, 0.3) is 0 Å². The SMILES string of the molecule is CCC1CN(CCNC(C)COC)CCO1. The van der Waals surface area contributed by atoms with Crippen molar-refractivity contribution in [2.45, 2.75) is 32.4 Å². The lowest BCUT2D eigenvalue weighted by Crippen LogP contribution is -2.45. The van der Waals surface area contributed by atoms with Gasteiger partial charge in [-0.15, -0.1) is 0 Å². The molecular formula is C12H26N2O2. The van der Waals surface area contributed by atoms with Gasteiger partial charge in [0, 0.05) is 39.3 Å². The molecule has 2 unspecified atom stereocenters. The number of morpholine rings is 1. The van der Waals surface area contributed by atoms with Crippen LogP contribution < -0.4 is 5.32 Å². The Bertz CT molecular complexity index is 178. The van der Waals surface area contributed by atoms with Gasteiger partial charge in [-0.05, 0) is 13.3 Å².